The topological polar surface area (TPSA) is 61.0 Å². The Balaban J connectivity index is 1.47. The second-order valence-electron chi connectivity index (χ2n) is 6.96. The van der Waals surface area contributed by atoms with Crippen molar-refractivity contribution in [3.63, 3.8) is 0 Å². The number of nitrogens with zero attached hydrogens (tertiary/aromatic N) is 2. The van der Waals surface area contributed by atoms with Crippen molar-refractivity contribution in [3.8, 4) is 0 Å². The van der Waals surface area contributed by atoms with Gasteiger partial charge in [0.2, 0.25) is 5.91 Å². The van der Waals surface area contributed by atoms with Crippen molar-refractivity contribution in [2.24, 2.45) is 0 Å². The van der Waals surface area contributed by atoms with Crippen LogP contribution in [0.1, 0.15) is 22.4 Å². The molecule has 2 N–H and O–H groups in total. The maximum atomic E-state index is 12.7. The van der Waals surface area contributed by atoms with Crippen LogP contribution in [0, 0.1) is 0 Å². The van der Waals surface area contributed by atoms with Gasteiger partial charge in [0, 0.05) is 36.4 Å². The van der Waals surface area contributed by atoms with Crippen molar-refractivity contribution in [1.82, 2.24) is 14.9 Å². The molecule has 4 rings (SSSR count). The number of alkyl halides is 3. The molecule has 1 amide bonds. The molecule has 8 heteroatoms. The minimum Gasteiger partial charge on any atom is -0.355 e. The van der Waals surface area contributed by atoms with Crippen molar-refractivity contribution in [2.45, 2.75) is 25.6 Å². The van der Waals surface area contributed by atoms with Gasteiger partial charge in [-0.25, -0.2) is 4.98 Å². The second kappa shape index (κ2) is 7.62. The number of fused-ring (bicyclic) bond motifs is 1. The molecule has 0 aliphatic carbocycles. The number of nitrogens with one attached hydrogen (secondary N) is 2. The first-order chi connectivity index (χ1) is 13.9. The molecule has 0 saturated heterocycles. The van der Waals surface area contributed by atoms with Crippen molar-refractivity contribution in [3.05, 3.63) is 77.4 Å². The number of benzene rings is 2. The molecule has 2 aromatic carbocycles. The number of H-pyrrole nitrogens is 1. The third-order valence-corrected chi connectivity index (χ3v) is 5.01. The number of halogens is 3. The van der Waals surface area contributed by atoms with E-state index >= 15 is 0 Å². The summed E-state index contributed by atoms with van der Waals surface area (Å²) in [4.78, 5) is 21.2. The summed E-state index contributed by atoms with van der Waals surface area (Å²) in [6.07, 6.45) is -0.210. The molecule has 1 aromatic heterocycles. The molecule has 0 bridgehead atoms. The smallest absolute Gasteiger partial charge is 0.355 e. The lowest BCUT2D eigenvalue weighted by atomic mass is 9.97. The molecule has 0 fully saturated rings. The highest BCUT2D eigenvalue weighted by Crippen LogP contribution is 2.32. The molecule has 0 radical (unpaired) electrons. The maximum absolute atomic E-state index is 12.7. The molecular formula is C21H19F3N4O. The average Bonchev–Trinajstić information content (AvgIpc) is 3.20. The molecule has 150 valence electrons. The molecule has 0 spiro atoms. The summed E-state index contributed by atoms with van der Waals surface area (Å²) in [7, 11) is 0. The fourth-order valence-corrected chi connectivity index (χ4v) is 3.49. The predicted molar refractivity (Wildman–Crippen MR) is 103 cm³/mol. The van der Waals surface area contributed by atoms with Gasteiger partial charge in [0.1, 0.15) is 0 Å². The zero-order valence-corrected chi connectivity index (χ0v) is 15.5. The summed E-state index contributed by atoms with van der Waals surface area (Å²) in [5.41, 5.74) is 3.65. The molecule has 0 saturated carbocycles. The fraction of sp³-hybridized carbons (Fsp3) is 0.238. The first-order valence-electron chi connectivity index (χ1n) is 9.20. The largest absolute Gasteiger partial charge is 0.416 e. The van der Waals surface area contributed by atoms with E-state index in [2.05, 4.69) is 15.3 Å². The van der Waals surface area contributed by atoms with Crippen LogP contribution in [-0.4, -0.2) is 27.3 Å². The van der Waals surface area contributed by atoms with Crippen LogP contribution in [0.15, 0.2) is 55.0 Å². The number of aromatic nitrogens is 2. The summed E-state index contributed by atoms with van der Waals surface area (Å²) < 4.78 is 38.2. The van der Waals surface area contributed by atoms with E-state index in [0.717, 1.165) is 34.6 Å². The van der Waals surface area contributed by atoms with Crippen LogP contribution < -0.4 is 5.32 Å². The quantitative estimate of drug-likeness (QED) is 0.687. The van der Waals surface area contributed by atoms with Gasteiger partial charge in [0.05, 0.1) is 18.3 Å². The Hall–Kier alpha value is -3.29. The number of carbonyl (C=O) groups is 1. The zero-order chi connectivity index (χ0) is 20.4. The first-order valence-corrected chi connectivity index (χ1v) is 9.20. The minimum atomic E-state index is -4.35. The molecule has 0 unspecified atom stereocenters. The van der Waals surface area contributed by atoms with Crippen LogP contribution in [0.5, 0.6) is 0 Å². The van der Waals surface area contributed by atoms with Crippen molar-refractivity contribution < 1.29 is 18.0 Å². The van der Waals surface area contributed by atoms with Crippen LogP contribution in [0.25, 0.3) is 0 Å². The van der Waals surface area contributed by atoms with E-state index in [1.54, 1.807) is 12.5 Å². The highest BCUT2D eigenvalue weighted by molar-refractivity contribution is 5.79. The Kier molecular flexibility index (Phi) is 5.00. The van der Waals surface area contributed by atoms with Gasteiger partial charge >= 0.3 is 6.18 Å². The number of rotatable bonds is 4. The van der Waals surface area contributed by atoms with Crippen LogP contribution in [-0.2, 0) is 30.4 Å². The highest BCUT2D eigenvalue weighted by atomic mass is 19.4. The van der Waals surface area contributed by atoms with Gasteiger partial charge in [-0.05, 0) is 47.9 Å². The lowest BCUT2D eigenvalue weighted by Crippen LogP contribution is -2.37. The Morgan fingerprint density at radius 2 is 1.97 bits per heavy atom. The summed E-state index contributed by atoms with van der Waals surface area (Å²) in [5.74, 6) is 0.0287. The van der Waals surface area contributed by atoms with E-state index < -0.39 is 11.7 Å². The molecule has 29 heavy (non-hydrogen) atoms. The van der Waals surface area contributed by atoms with Crippen LogP contribution in [0.3, 0.4) is 0 Å². The Morgan fingerprint density at radius 3 is 2.66 bits per heavy atom. The fourth-order valence-electron chi connectivity index (χ4n) is 3.49. The minimum absolute atomic E-state index is 0.0287. The van der Waals surface area contributed by atoms with Gasteiger partial charge in [-0.3, -0.25) is 4.79 Å². The highest BCUT2D eigenvalue weighted by Gasteiger charge is 2.30. The number of carbonyl (C=O) groups excluding carboxylic acids is 1. The van der Waals surface area contributed by atoms with Crippen molar-refractivity contribution in [1.29, 1.82) is 0 Å². The summed E-state index contributed by atoms with van der Waals surface area (Å²) in [5, 5.41) is 3.21. The zero-order valence-electron chi connectivity index (χ0n) is 15.5. The van der Waals surface area contributed by atoms with Gasteiger partial charge in [0.25, 0.3) is 0 Å². The normalized spacial score (nSPS) is 13.8. The van der Waals surface area contributed by atoms with E-state index in [1.165, 1.54) is 12.1 Å². The average molecular weight is 400 g/mol. The summed E-state index contributed by atoms with van der Waals surface area (Å²) in [6, 6.07) is 10.7. The van der Waals surface area contributed by atoms with E-state index in [9.17, 15) is 18.0 Å². The lowest BCUT2D eigenvalue weighted by molar-refractivity contribution is -0.137. The van der Waals surface area contributed by atoms with Crippen molar-refractivity contribution in [2.75, 3.05) is 11.9 Å². The van der Waals surface area contributed by atoms with Crippen molar-refractivity contribution >= 4 is 17.3 Å². The van der Waals surface area contributed by atoms with Crippen LogP contribution in [0.4, 0.5) is 24.5 Å². The van der Waals surface area contributed by atoms with Crippen LogP contribution in [0.2, 0.25) is 0 Å². The van der Waals surface area contributed by atoms with Crippen LogP contribution >= 0.6 is 0 Å². The molecule has 0 atom stereocenters. The third kappa shape index (κ3) is 4.26. The Labute approximate surface area is 165 Å². The Bertz CT molecular complexity index is 998. The lowest BCUT2D eigenvalue weighted by Gasteiger charge is -2.30. The van der Waals surface area contributed by atoms with Gasteiger partial charge in [0.15, 0.2) is 0 Å². The number of aromatic amines is 1. The maximum Gasteiger partial charge on any atom is 0.416 e. The van der Waals surface area contributed by atoms with Gasteiger partial charge in [-0.1, -0.05) is 12.1 Å². The number of hydrogen-bond acceptors (Lipinski definition) is 3. The number of amides is 1. The monoisotopic (exact) mass is 400 g/mol. The first kappa shape index (κ1) is 19.0. The summed E-state index contributed by atoms with van der Waals surface area (Å²) >= 11 is 0. The van der Waals surface area contributed by atoms with E-state index in [4.69, 9.17) is 0 Å². The standard InChI is InChI=1S/C21H19F3N4O/c22-21(23,24)15-4-6-16(7-5-15)27-19-3-1-2-14-12-28(9-8-18(14)19)20(29)10-17-11-25-13-26-17/h1-7,11,13,27H,8-10,12H2,(H,25,26). The van der Waals surface area contributed by atoms with Gasteiger partial charge in [-0.15, -0.1) is 0 Å². The Morgan fingerprint density at radius 1 is 1.17 bits per heavy atom. The van der Waals surface area contributed by atoms with Gasteiger partial charge in [-0.2, -0.15) is 13.2 Å². The number of hydrogen-bond donors (Lipinski definition) is 2. The molecule has 1 aliphatic rings. The second-order valence-corrected chi connectivity index (χ2v) is 6.96. The third-order valence-electron chi connectivity index (χ3n) is 5.01. The predicted octanol–water partition coefficient (Wildman–Crippen LogP) is 4.30. The molecule has 3 aromatic rings. The SMILES string of the molecule is O=C(Cc1cnc[nH]1)N1CCc2c(cccc2Nc2ccc(C(F)(F)F)cc2)C1. The molecule has 1 aliphatic heterocycles. The van der Waals surface area contributed by atoms with E-state index in [1.807, 2.05) is 23.1 Å². The number of imidazole rings is 1. The molecule has 2 heterocycles. The summed E-state index contributed by atoms with van der Waals surface area (Å²) in [6.45, 7) is 1.09. The van der Waals surface area contributed by atoms with E-state index in [0.29, 0.717) is 25.2 Å². The van der Waals surface area contributed by atoms with E-state index in [-0.39, 0.29) is 12.3 Å². The molecule has 5 nitrogen and oxygen atoms in total. The number of anilines is 2. The van der Waals surface area contributed by atoms with Gasteiger partial charge < -0.3 is 15.2 Å². The molecular weight excluding hydrogens is 381 g/mol.